The molecule has 0 unspecified atom stereocenters. The van der Waals surface area contributed by atoms with Crippen molar-refractivity contribution in [1.29, 1.82) is 0 Å². The van der Waals surface area contributed by atoms with Crippen LogP contribution in [0.4, 0.5) is 8.78 Å². The molecule has 0 aliphatic rings. The Morgan fingerprint density at radius 1 is 0.708 bits per heavy atom. The number of unbranched alkanes of at least 4 members (excludes halogenated alkanes) is 5. The Labute approximate surface area is 147 Å². The molecule has 0 bridgehead atoms. The minimum Gasteiger partial charge on any atom is -0.306 e. The topological polar surface area (TPSA) is 3.24 Å². The van der Waals surface area contributed by atoms with E-state index in [1.807, 2.05) is 0 Å². The highest BCUT2D eigenvalue weighted by Crippen LogP contribution is 2.20. The van der Waals surface area contributed by atoms with Crippen molar-refractivity contribution in [3.05, 3.63) is 34.9 Å². The maximum absolute atomic E-state index is 14.2. The second-order valence-corrected chi connectivity index (χ2v) is 6.94. The van der Waals surface area contributed by atoms with E-state index in [4.69, 9.17) is 0 Å². The highest BCUT2D eigenvalue weighted by molar-refractivity contribution is 5.26. The smallest absolute Gasteiger partial charge is 0.162 e. The third kappa shape index (κ3) is 7.74. The van der Waals surface area contributed by atoms with Gasteiger partial charge in [-0.15, -0.1) is 0 Å². The molecule has 0 spiro atoms. The summed E-state index contributed by atoms with van der Waals surface area (Å²) in [4.78, 5) is 2.27. The molecular formula is C21H35F2N. The lowest BCUT2D eigenvalue weighted by atomic mass is 10.0. The molecule has 0 saturated heterocycles. The third-order valence-electron chi connectivity index (χ3n) is 4.67. The van der Waals surface area contributed by atoms with Gasteiger partial charge in [0.25, 0.3) is 0 Å². The molecule has 1 nitrogen and oxygen atoms in total. The molecule has 0 aliphatic carbocycles. The third-order valence-corrected chi connectivity index (χ3v) is 4.67. The summed E-state index contributed by atoms with van der Waals surface area (Å²) in [6, 6.07) is 3.57. The van der Waals surface area contributed by atoms with Gasteiger partial charge in [-0.25, -0.2) is 8.78 Å². The molecule has 1 rings (SSSR count). The van der Waals surface area contributed by atoms with Gasteiger partial charge in [0.1, 0.15) is 0 Å². The monoisotopic (exact) mass is 339 g/mol. The van der Waals surface area contributed by atoms with Crippen LogP contribution in [0.15, 0.2) is 12.1 Å². The minimum absolute atomic E-state index is 0.520. The predicted molar refractivity (Wildman–Crippen MR) is 99.5 cm³/mol. The largest absolute Gasteiger partial charge is 0.306 e. The molecule has 0 radical (unpaired) electrons. The van der Waals surface area contributed by atoms with E-state index in [2.05, 4.69) is 25.8 Å². The summed E-state index contributed by atoms with van der Waals surface area (Å²) in [5.74, 6) is -1.25. The molecule has 0 aliphatic heterocycles. The van der Waals surface area contributed by atoms with Gasteiger partial charge >= 0.3 is 0 Å². The average Bonchev–Trinajstić information content (AvgIpc) is 2.58. The second kappa shape index (κ2) is 12.4. The molecule has 0 fully saturated rings. The van der Waals surface area contributed by atoms with Crippen molar-refractivity contribution in [2.75, 3.05) is 20.1 Å². The lowest BCUT2D eigenvalue weighted by Crippen LogP contribution is -2.21. The van der Waals surface area contributed by atoms with Gasteiger partial charge in [-0.3, -0.25) is 0 Å². The minimum atomic E-state index is -0.628. The number of benzene rings is 1. The van der Waals surface area contributed by atoms with Crippen molar-refractivity contribution in [3.8, 4) is 0 Å². The number of hydrogen-bond donors (Lipinski definition) is 0. The molecule has 138 valence electrons. The summed E-state index contributed by atoms with van der Waals surface area (Å²) in [5.41, 5.74) is 1.05. The Kier molecular flexibility index (Phi) is 10.9. The zero-order valence-corrected chi connectivity index (χ0v) is 15.8. The van der Waals surface area contributed by atoms with Crippen molar-refractivity contribution in [2.24, 2.45) is 0 Å². The second-order valence-electron chi connectivity index (χ2n) is 6.94. The van der Waals surface area contributed by atoms with Crippen molar-refractivity contribution >= 4 is 0 Å². The first-order valence-corrected chi connectivity index (χ1v) is 9.74. The SMILES string of the molecule is CCCCCCCc1ccc(CCCN(C)CCCC)c(F)c1F. The Morgan fingerprint density at radius 3 is 1.79 bits per heavy atom. The fourth-order valence-corrected chi connectivity index (χ4v) is 3.01. The summed E-state index contributed by atoms with van der Waals surface area (Å²) < 4.78 is 28.4. The Balaban J connectivity index is 2.43. The van der Waals surface area contributed by atoms with Crippen LogP contribution in [0.5, 0.6) is 0 Å². The molecule has 24 heavy (non-hydrogen) atoms. The maximum Gasteiger partial charge on any atom is 0.162 e. The van der Waals surface area contributed by atoms with E-state index in [1.165, 1.54) is 32.1 Å². The van der Waals surface area contributed by atoms with Crippen LogP contribution in [0, 0.1) is 11.6 Å². The first kappa shape index (κ1) is 21.1. The summed E-state index contributed by atoms with van der Waals surface area (Å²) in [6.45, 7) is 6.36. The number of halogens is 2. The lowest BCUT2D eigenvalue weighted by molar-refractivity contribution is 0.323. The van der Waals surface area contributed by atoms with Crippen LogP contribution in [0.3, 0.4) is 0 Å². The molecule has 0 aromatic heterocycles. The molecule has 0 atom stereocenters. The summed E-state index contributed by atoms with van der Waals surface area (Å²) in [6.07, 6.45) is 10.1. The first-order valence-electron chi connectivity index (χ1n) is 9.74. The quantitative estimate of drug-likeness (QED) is 0.390. The highest BCUT2D eigenvalue weighted by atomic mass is 19.2. The van der Waals surface area contributed by atoms with Gasteiger partial charge in [0, 0.05) is 0 Å². The standard InChI is InChI=1S/C21H35F2N/c1-4-6-8-9-10-12-18-14-15-19(21(23)20(18)22)13-11-17-24(3)16-7-5-2/h14-15H,4-13,16-17H2,1-3H3. The highest BCUT2D eigenvalue weighted by Gasteiger charge is 2.13. The van der Waals surface area contributed by atoms with Crippen molar-refractivity contribution in [1.82, 2.24) is 4.90 Å². The molecule has 0 heterocycles. The van der Waals surface area contributed by atoms with Gasteiger partial charge in [0.2, 0.25) is 0 Å². The number of aryl methyl sites for hydroxylation is 2. The molecule has 1 aromatic carbocycles. The molecule has 3 heteroatoms. The number of nitrogens with zero attached hydrogens (tertiary/aromatic N) is 1. The number of rotatable bonds is 13. The van der Waals surface area contributed by atoms with Crippen LogP contribution in [0.1, 0.15) is 76.3 Å². The van der Waals surface area contributed by atoms with E-state index >= 15 is 0 Å². The fraction of sp³-hybridized carbons (Fsp3) is 0.714. The van der Waals surface area contributed by atoms with E-state index in [1.54, 1.807) is 12.1 Å². The molecule has 0 saturated carbocycles. The summed E-state index contributed by atoms with van der Waals surface area (Å²) in [7, 11) is 2.09. The van der Waals surface area contributed by atoms with Crippen LogP contribution >= 0.6 is 0 Å². The van der Waals surface area contributed by atoms with Gasteiger partial charge in [-0.2, -0.15) is 0 Å². The zero-order chi connectivity index (χ0) is 17.8. The molecule has 1 aromatic rings. The molecule has 0 amide bonds. The fourth-order valence-electron chi connectivity index (χ4n) is 3.01. The van der Waals surface area contributed by atoms with Gasteiger partial charge in [0.05, 0.1) is 0 Å². The normalized spacial score (nSPS) is 11.4. The van der Waals surface area contributed by atoms with Crippen LogP contribution in [-0.4, -0.2) is 25.0 Å². The van der Waals surface area contributed by atoms with Crippen LogP contribution in [0.2, 0.25) is 0 Å². The average molecular weight is 340 g/mol. The van der Waals surface area contributed by atoms with Gasteiger partial charge in [0.15, 0.2) is 11.6 Å². The van der Waals surface area contributed by atoms with Crippen LogP contribution in [-0.2, 0) is 12.8 Å². The van der Waals surface area contributed by atoms with E-state index in [9.17, 15) is 8.78 Å². The van der Waals surface area contributed by atoms with Gasteiger partial charge < -0.3 is 4.90 Å². The molecule has 0 N–H and O–H groups in total. The van der Waals surface area contributed by atoms with Crippen molar-refractivity contribution in [3.63, 3.8) is 0 Å². The van der Waals surface area contributed by atoms with Crippen LogP contribution < -0.4 is 0 Å². The zero-order valence-electron chi connectivity index (χ0n) is 15.8. The van der Waals surface area contributed by atoms with Crippen molar-refractivity contribution in [2.45, 2.75) is 78.1 Å². The Bertz CT molecular complexity index is 459. The lowest BCUT2D eigenvalue weighted by Gasteiger charge is -2.16. The maximum atomic E-state index is 14.2. The van der Waals surface area contributed by atoms with E-state index < -0.39 is 11.6 Å². The summed E-state index contributed by atoms with van der Waals surface area (Å²) in [5, 5.41) is 0. The Morgan fingerprint density at radius 2 is 1.21 bits per heavy atom. The molecular weight excluding hydrogens is 304 g/mol. The first-order chi connectivity index (χ1) is 11.6. The van der Waals surface area contributed by atoms with Gasteiger partial charge in [-0.05, 0) is 63.4 Å². The number of hydrogen-bond acceptors (Lipinski definition) is 1. The van der Waals surface area contributed by atoms with Crippen molar-refractivity contribution < 1.29 is 8.78 Å². The van der Waals surface area contributed by atoms with E-state index in [-0.39, 0.29) is 0 Å². The van der Waals surface area contributed by atoms with Gasteiger partial charge in [-0.1, -0.05) is 58.1 Å². The van der Waals surface area contributed by atoms with E-state index in [0.717, 1.165) is 32.4 Å². The predicted octanol–water partition coefficient (Wildman–Crippen LogP) is 6.14. The van der Waals surface area contributed by atoms with Crippen LogP contribution in [0.25, 0.3) is 0 Å². The summed E-state index contributed by atoms with van der Waals surface area (Å²) >= 11 is 0. The Hall–Kier alpha value is -0.960. The van der Waals surface area contributed by atoms with E-state index in [0.29, 0.717) is 24.0 Å².